The maximum atomic E-state index is 12.6. The van der Waals surface area contributed by atoms with Gasteiger partial charge in [0.05, 0.1) is 17.5 Å². The Balaban J connectivity index is 1.74. The molecule has 0 aliphatic heterocycles. The van der Waals surface area contributed by atoms with Crippen LogP contribution in [0.3, 0.4) is 0 Å². The Labute approximate surface area is 126 Å². The van der Waals surface area contributed by atoms with Crippen molar-refractivity contribution >= 4 is 5.91 Å². The minimum absolute atomic E-state index is 0.0325. The normalized spacial score (nSPS) is 27.2. The predicted octanol–water partition coefficient (Wildman–Crippen LogP) is 1.88. The van der Waals surface area contributed by atoms with Gasteiger partial charge >= 0.3 is 0 Å². The minimum Gasteiger partial charge on any atom is -0.349 e. The van der Waals surface area contributed by atoms with Crippen LogP contribution < -0.4 is 11.1 Å². The molecule has 2 atom stereocenters. The van der Waals surface area contributed by atoms with E-state index in [4.69, 9.17) is 5.73 Å². The zero-order chi connectivity index (χ0) is 15.2. The molecule has 2 aliphatic rings. The summed E-state index contributed by atoms with van der Waals surface area (Å²) in [6.07, 6.45) is 5.07. The van der Waals surface area contributed by atoms with Gasteiger partial charge in [-0.05, 0) is 44.1 Å². The number of carbonyl (C=O) groups is 1. The molecule has 3 N–H and O–H groups in total. The number of nitrogens with zero attached hydrogens (tertiary/aromatic N) is 2. The van der Waals surface area contributed by atoms with E-state index in [1.807, 2.05) is 4.68 Å². The van der Waals surface area contributed by atoms with E-state index in [9.17, 15) is 4.79 Å². The van der Waals surface area contributed by atoms with Gasteiger partial charge in [0, 0.05) is 18.5 Å². The topological polar surface area (TPSA) is 72.9 Å². The molecule has 2 fully saturated rings. The Hall–Kier alpha value is -1.36. The van der Waals surface area contributed by atoms with Crippen molar-refractivity contribution in [3.63, 3.8) is 0 Å². The van der Waals surface area contributed by atoms with Crippen LogP contribution in [0.1, 0.15) is 62.0 Å². The monoisotopic (exact) mass is 290 g/mol. The van der Waals surface area contributed by atoms with Gasteiger partial charge in [-0.25, -0.2) is 0 Å². The summed E-state index contributed by atoms with van der Waals surface area (Å²) in [7, 11) is 0. The fourth-order valence-electron chi connectivity index (χ4n) is 3.51. The summed E-state index contributed by atoms with van der Waals surface area (Å²) in [5.41, 5.74) is 7.77. The van der Waals surface area contributed by atoms with Gasteiger partial charge in [-0.15, -0.1) is 0 Å². The fraction of sp³-hybridized carbons (Fsp3) is 0.750. The highest BCUT2D eigenvalue weighted by molar-refractivity contribution is 5.95. The summed E-state index contributed by atoms with van der Waals surface area (Å²) in [6.45, 7) is 7.97. The maximum absolute atomic E-state index is 12.6. The molecule has 0 saturated heterocycles. The van der Waals surface area contributed by atoms with Crippen LogP contribution in [0.25, 0.3) is 0 Å². The molecule has 3 rings (SSSR count). The number of hydrogen-bond acceptors (Lipinski definition) is 3. The van der Waals surface area contributed by atoms with E-state index in [0.29, 0.717) is 18.4 Å². The summed E-state index contributed by atoms with van der Waals surface area (Å²) >= 11 is 0. The Morgan fingerprint density at radius 3 is 2.76 bits per heavy atom. The molecule has 2 saturated carbocycles. The van der Waals surface area contributed by atoms with Crippen LogP contribution in [0, 0.1) is 11.3 Å². The van der Waals surface area contributed by atoms with Gasteiger partial charge in [0.15, 0.2) is 0 Å². The lowest BCUT2D eigenvalue weighted by Gasteiger charge is -2.52. The highest BCUT2D eigenvalue weighted by Gasteiger charge is 2.48. The van der Waals surface area contributed by atoms with E-state index in [0.717, 1.165) is 24.2 Å². The molecule has 0 bridgehead atoms. The number of aromatic nitrogens is 2. The van der Waals surface area contributed by atoms with Gasteiger partial charge in [-0.2, -0.15) is 5.10 Å². The van der Waals surface area contributed by atoms with Crippen LogP contribution in [0.5, 0.6) is 0 Å². The molecule has 1 heterocycles. The molecule has 5 heteroatoms. The molecule has 2 aliphatic carbocycles. The van der Waals surface area contributed by atoms with E-state index in [-0.39, 0.29) is 17.4 Å². The predicted molar refractivity (Wildman–Crippen MR) is 82.1 cm³/mol. The van der Waals surface area contributed by atoms with Gasteiger partial charge in [0.2, 0.25) is 0 Å². The fourth-order valence-corrected chi connectivity index (χ4v) is 3.51. The second kappa shape index (κ2) is 5.13. The van der Waals surface area contributed by atoms with Gasteiger partial charge in [0.25, 0.3) is 5.91 Å². The Morgan fingerprint density at radius 2 is 2.24 bits per heavy atom. The molecule has 2 unspecified atom stereocenters. The SMILES string of the molecule is CCn1ncc(C(=O)NC2CC(CN)C2(C)C)c1C1CC1. The van der Waals surface area contributed by atoms with Gasteiger partial charge < -0.3 is 11.1 Å². The molecule has 5 nitrogen and oxygen atoms in total. The zero-order valence-corrected chi connectivity index (χ0v) is 13.2. The number of rotatable bonds is 5. The largest absolute Gasteiger partial charge is 0.349 e. The third kappa shape index (κ3) is 2.37. The quantitative estimate of drug-likeness (QED) is 0.869. The van der Waals surface area contributed by atoms with Gasteiger partial charge in [-0.1, -0.05) is 13.8 Å². The second-order valence-corrected chi connectivity index (χ2v) is 7.05. The third-order valence-electron chi connectivity index (χ3n) is 5.45. The number of hydrogen-bond donors (Lipinski definition) is 2. The van der Waals surface area contributed by atoms with Crippen LogP contribution in [-0.4, -0.2) is 28.3 Å². The van der Waals surface area contributed by atoms with E-state index >= 15 is 0 Å². The lowest BCUT2D eigenvalue weighted by atomic mass is 9.58. The molecule has 21 heavy (non-hydrogen) atoms. The van der Waals surface area contributed by atoms with Crippen LogP contribution in [0.2, 0.25) is 0 Å². The van der Waals surface area contributed by atoms with E-state index in [2.05, 4.69) is 31.2 Å². The molecule has 1 amide bonds. The van der Waals surface area contributed by atoms with Crippen LogP contribution in [-0.2, 0) is 6.54 Å². The Morgan fingerprint density at radius 1 is 1.52 bits per heavy atom. The summed E-state index contributed by atoms with van der Waals surface area (Å²) in [6, 6.07) is 0.218. The zero-order valence-electron chi connectivity index (χ0n) is 13.2. The molecular formula is C16H26N4O. The number of carbonyl (C=O) groups excluding carboxylic acids is 1. The standard InChI is InChI=1S/C16H26N4O/c1-4-20-14(10-5-6-10)12(9-18-20)15(21)19-13-7-11(8-17)16(13,2)3/h9-11,13H,4-8,17H2,1-3H3,(H,19,21). The molecule has 116 valence electrons. The molecule has 1 aromatic rings. The van der Waals surface area contributed by atoms with Crippen molar-refractivity contribution in [3.05, 3.63) is 17.5 Å². The average molecular weight is 290 g/mol. The van der Waals surface area contributed by atoms with Crippen LogP contribution >= 0.6 is 0 Å². The molecular weight excluding hydrogens is 264 g/mol. The first kappa shape index (κ1) is 14.6. The molecule has 0 radical (unpaired) electrons. The molecule has 0 aromatic carbocycles. The minimum atomic E-state index is 0.0325. The first-order valence-electron chi connectivity index (χ1n) is 8.05. The number of amides is 1. The number of nitrogens with two attached hydrogens (primary N) is 1. The maximum Gasteiger partial charge on any atom is 0.255 e. The summed E-state index contributed by atoms with van der Waals surface area (Å²) in [5, 5.41) is 7.57. The Kier molecular flexibility index (Phi) is 3.56. The van der Waals surface area contributed by atoms with Gasteiger partial charge in [-0.3, -0.25) is 9.48 Å². The van der Waals surface area contributed by atoms with Crippen molar-refractivity contribution < 1.29 is 4.79 Å². The third-order valence-corrected chi connectivity index (χ3v) is 5.45. The van der Waals surface area contributed by atoms with Crippen molar-refractivity contribution in [1.82, 2.24) is 15.1 Å². The van der Waals surface area contributed by atoms with Crippen molar-refractivity contribution in [1.29, 1.82) is 0 Å². The molecule has 1 aromatic heterocycles. The van der Waals surface area contributed by atoms with Crippen molar-refractivity contribution in [2.24, 2.45) is 17.1 Å². The first-order chi connectivity index (χ1) is 9.98. The van der Waals surface area contributed by atoms with Crippen molar-refractivity contribution in [3.8, 4) is 0 Å². The second-order valence-electron chi connectivity index (χ2n) is 7.05. The highest BCUT2D eigenvalue weighted by atomic mass is 16.1. The highest BCUT2D eigenvalue weighted by Crippen LogP contribution is 2.46. The first-order valence-corrected chi connectivity index (χ1v) is 8.05. The van der Waals surface area contributed by atoms with Crippen molar-refractivity contribution in [2.75, 3.05) is 6.54 Å². The summed E-state index contributed by atoms with van der Waals surface area (Å²) in [4.78, 5) is 12.6. The van der Waals surface area contributed by atoms with E-state index in [1.54, 1.807) is 6.20 Å². The van der Waals surface area contributed by atoms with Crippen LogP contribution in [0.15, 0.2) is 6.20 Å². The lowest BCUT2D eigenvalue weighted by Crippen LogP contribution is -2.60. The average Bonchev–Trinajstić information content (AvgIpc) is 3.21. The van der Waals surface area contributed by atoms with E-state index < -0.39 is 0 Å². The summed E-state index contributed by atoms with van der Waals surface area (Å²) in [5.74, 6) is 1.06. The number of aryl methyl sites for hydroxylation is 1. The van der Waals surface area contributed by atoms with E-state index in [1.165, 1.54) is 12.8 Å². The lowest BCUT2D eigenvalue weighted by molar-refractivity contribution is 0.0200. The molecule has 0 spiro atoms. The smallest absolute Gasteiger partial charge is 0.255 e. The Bertz CT molecular complexity index is 544. The van der Waals surface area contributed by atoms with Crippen molar-refractivity contribution in [2.45, 2.75) is 58.5 Å². The van der Waals surface area contributed by atoms with Gasteiger partial charge in [0.1, 0.15) is 0 Å². The summed E-state index contributed by atoms with van der Waals surface area (Å²) < 4.78 is 1.97. The number of nitrogens with one attached hydrogen (secondary N) is 1. The van der Waals surface area contributed by atoms with Crippen LogP contribution in [0.4, 0.5) is 0 Å².